The van der Waals surface area contributed by atoms with Gasteiger partial charge in [0, 0.05) is 9.90 Å². The second-order valence-corrected chi connectivity index (χ2v) is 1.57. The van der Waals surface area contributed by atoms with E-state index in [-0.39, 0.29) is 9.90 Å². The van der Waals surface area contributed by atoms with E-state index < -0.39 is 0 Å². The molecule has 0 aliphatic heterocycles. The van der Waals surface area contributed by atoms with Crippen LogP contribution in [0.5, 0.6) is 0 Å². The van der Waals surface area contributed by atoms with Gasteiger partial charge in [-0.2, -0.15) is 0 Å². The van der Waals surface area contributed by atoms with Crippen molar-refractivity contribution in [1.29, 1.82) is 0 Å². The summed E-state index contributed by atoms with van der Waals surface area (Å²) in [6.45, 7) is 0. The third-order valence-electron chi connectivity index (χ3n) is 0. The summed E-state index contributed by atoms with van der Waals surface area (Å²) < 4.78 is 3.88. The van der Waals surface area contributed by atoms with Gasteiger partial charge in [0.1, 0.15) is 32.5 Å². The third-order valence-corrected chi connectivity index (χ3v) is 0. The highest BCUT2D eigenvalue weighted by Crippen LogP contribution is 1.88. The fraction of sp³-hybridized carbons (Fsp3) is 0. The van der Waals surface area contributed by atoms with Crippen LogP contribution in [0.15, 0.2) is 0 Å². The molecule has 0 unspecified atom stereocenters. The van der Waals surface area contributed by atoms with E-state index in [0.29, 0.717) is 0 Å². The Bertz CT molecular complexity index is 6.00. The van der Waals surface area contributed by atoms with Crippen molar-refractivity contribution in [2.45, 2.75) is 0 Å². The Morgan fingerprint density at radius 1 is 1.25 bits per heavy atom. The van der Waals surface area contributed by atoms with Crippen molar-refractivity contribution in [3.05, 3.63) is 0 Å². The van der Waals surface area contributed by atoms with Gasteiger partial charge in [0.15, 0.2) is 0 Å². The molecule has 0 aliphatic carbocycles. The fourth-order valence-electron chi connectivity index (χ4n) is 0. The molecule has 0 aromatic heterocycles. The first-order chi connectivity index (χ1) is 1.41. The van der Waals surface area contributed by atoms with Crippen LogP contribution < -0.4 is 0 Å². The van der Waals surface area contributed by atoms with Crippen LogP contribution in [-0.2, 0) is 2.92 Å². The maximum Gasteiger partial charge on any atom is 0.115 e. The highest BCUT2D eigenvalue weighted by molar-refractivity contribution is 9.18. The quantitative estimate of drug-likeness (QED) is 0.554. The van der Waals surface area contributed by atoms with Crippen LogP contribution in [0, 0.1) is 0 Å². The molecule has 0 amide bonds. The minimum absolute atomic E-state index is 0. The minimum atomic E-state index is 0. The molecule has 0 rings (SSSR count). The molecule has 0 saturated heterocycles. The molecule has 0 spiro atoms. The Morgan fingerprint density at radius 3 is 1.25 bits per heavy atom. The Labute approximate surface area is 45.6 Å². The summed E-state index contributed by atoms with van der Waals surface area (Å²) >= 11 is 5.12. The van der Waals surface area contributed by atoms with Gasteiger partial charge in [-0.25, -0.2) is 2.92 Å². The Balaban J connectivity index is 0. The van der Waals surface area contributed by atoms with Gasteiger partial charge in [0.25, 0.3) is 0 Å². The van der Waals surface area contributed by atoms with Gasteiger partial charge < -0.3 is 0 Å². The predicted octanol–water partition coefficient (Wildman–Crippen LogP) is 2.48. The highest BCUT2D eigenvalue weighted by Gasteiger charge is 1.37. The van der Waals surface area contributed by atoms with Crippen molar-refractivity contribution < 1.29 is 2.92 Å². The van der Waals surface area contributed by atoms with Crippen LogP contribution in [0.25, 0.3) is 0 Å². The Kier molecular flexibility index (Phi) is 19.9. The molecule has 0 N–H and O–H groups in total. The van der Waals surface area contributed by atoms with Gasteiger partial charge in [-0.1, -0.05) is 0 Å². The van der Waals surface area contributed by atoms with Gasteiger partial charge >= 0.3 is 0 Å². The standard InChI is InChI=1S/Br2O.P/c1-3-2;. The molecule has 4 heteroatoms. The van der Waals surface area contributed by atoms with E-state index in [4.69, 9.17) is 0 Å². The number of rotatable bonds is 0. The molecule has 0 aromatic rings. The normalized spacial score (nSPS) is 4.50. The van der Waals surface area contributed by atoms with Crippen molar-refractivity contribution in [3.8, 4) is 0 Å². The van der Waals surface area contributed by atoms with Crippen LogP contribution in [0.1, 0.15) is 0 Å². The molecule has 0 atom stereocenters. The minimum Gasteiger partial charge on any atom is -0.230 e. The highest BCUT2D eigenvalue weighted by atomic mass is 79.9. The molecule has 25 valence electrons. The van der Waals surface area contributed by atoms with Gasteiger partial charge in [0.2, 0.25) is 0 Å². The molecular formula is Br2OP. The molecule has 0 bridgehead atoms. The SMILES string of the molecule is BrOBr.[P]. The van der Waals surface area contributed by atoms with Crippen LogP contribution in [0.2, 0.25) is 0 Å². The fourth-order valence-corrected chi connectivity index (χ4v) is 0. The molecule has 1 nitrogen and oxygen atoms in total. The summed E-state index contributed by atoms with van der Waals surface area (Å²) in [6, 6.07) is 0. The second kappa shape index (κ2) is 8.84. The number of halogens is 2. The average molecular weight is 207 g/mol. The van der Waals surface area contributed by atoms with Crippen LogP contribution >= 0.6 is 42.4 Å². The zero-order chi connectivity index (χ0) is 2.71. The van der Waals surface area contributed by atoms with Crippen LogP contribution in [0.3, 0.4) is 0 Å². The monoisotopic (exact) mass is 205 g/mol. The van der Waals surface area contributed by atoms with E-state index in [1.54, 1.807) is 0 Å². The summed E-state index contributed by atoms with van der Waals surface area (Å²) in [6.07, 6.45) is 0. The largest absolute Gasteiger partial charge is 0.230 e. The lowest BCUT2D eigenvalue weighted by Crippen LogP contribution is -1.10. The molecule has 0 aliphatic rings. The van der Waals surface area contributed by atoms with Gasteiger partial charge in [0.05, 0.1) is 0 Å². The maximum atomic E-state index is 3.88. The zero-order valence-electron chi connectivity index (χ0n) is 1.61. The summed E-state index contributed by atoms with van der Waals surface area (Å²) in [5.74, 6) is 0. The molecule has 0 saturated carbocycles. The van der Waals surface area contributed by atoms with E-state index in [0.717, 1.165) is 0 Å². The van der Waals surface area contributed by atoms with E-state index in [9.17, 15) is 0 Å². The van der Waals surface area contributed by atoms with Crippen molar-refractivity contribution in [2.24, 2.45) is 0 Å². The lowest BCUT2D eigenvalue weighted by molar-refractivity contribution is 0.838. The van der Waals surface area contributed by atoms with E-state index in [1.807, 2.05) is 0 Å². The number of hydrogen-bond acceptors (Lipinski definition) is 1. The first-order valence-electron chi connectivity index (χ1n) is 0.309. The smallest absolute Gasteiger partial charge is 0.115 e. The molecule has 0 aromatic carbocycles. The predicted molar refractivity (Wildman–Crippen MR) is 25.9 cm³/mol. The van der Waals surface area contributed by atoms with E-state index in [1.165, 1.54) is 0 Å². The van der Waals surface area contributed by atoms with E-state index >= 15 is 0 Å². The maximum absolute atomic E-state index is 3.88. The first kappa shape index (κ1) is 9.02. The van der Waals surface area contributed by atoms with Gasteiger partial charge in [-0.3, -0.25) is 0 Å². The summed E-state index contributed by atoms with van der Waals surface area (Å²) in [7, 11) is 0. The molecule has 0 fully saturated rings. The molecule has 3 radical (unpaired) electrons. The molecular weight excluding hydrogens is 207 g/mol. The topological polar surface area (TPSA) is 9.23 Å². The molecule has 0 heterocycles. The van der Waals surface area contributed by atoms with Crippen LogP contribution in [0.4, 0.5) is 0 Å². The molecule has 4 heavy (non-hydrogen) atoms. The summed E-state index contributed by atoms with van der Waals surface area (Å²) in [4.78, 5) is 0. The Hall–Kier alpha value is 1.35. The van der Waals surface area contributed by atoms with Crippen molar-refractivity contribution >= 4 is 42.4 Å². The zero-order valence-corrected chi connectivity index (χ0v) is 5.68. The van der Waals surface area contributed by atoms with Crippen molar-refractivity contribution in [2.75, 3.05) is 0 Å². The summed E-state index contributed by atoms with van der Waals surface area (Å²) in [5.41, 5.74) is 0. The number of hydrogen-bond donors (Lipinski definition) is 0. The lowest BCUT2D eigenvalue weighted by atomic mass is 16.0. The van der Waals surface area contributed by atoms with Crippen molar-refractivity contribution in [1.82, 2.24) is 0 Å². The second-order valence-electron chi connectivity index (χ2n) is 0.0583. The van der Waals surface area contributed by atoms with E-state index in [2.05, 4.69) is 35.4 Å². The Morgan fingerprint density at radius 2 is 1.25 bits per heavy atom. The summed E-state index contributed by atoms with van der Waals surface area (Å²) in [5, 5.41) is 0. The van der Waals surface area contributed by atoms with Gasteiger partial charge in [-0.05, 0) is 0 Å². The average Bonchev–Trinajstić information content (AvgIpc) is 0.918. The van der Waals surface area contributed by atoms with Gasteiger partial charge in [-0.15, -0.1) is 0 Å². The first-order valence-corrected chi connectivity index (χ1v) is 1.60. The third kappa shape index (κ3) is 10.2. The van der Waals surface area contributed by atoms with Crippen molar-refractivity contribution in [3.63, 3.8) is 0 Å². The van der Waals surface area contributed by atoms with Crippen LogP contribution in [-0.4, -0.2) is 0 Å². The lowest BCUT2D eigenvalue weighted by Gasteiger charge is -1.48.